The molecule has 4 heteroatoms. The van der Waals surface area contributed by atoms with Crippen LogP contribution in [0.4, 0.5) is 0 Å². The van der Waals surface area contributed by atoms with Crippen molar-refractivity contribution in [3.8, 4) is 0 Å². The van der Waals surface area contributed by atoms with E-state index in [4.69, 9.17) is 0 Å². The van der Waals surface area contributed by atoms with Crippen molar-refractivity contribution in [3.05, 3.63) is 53.1 Å². The lowest BCUT2D eigenvalue weighted by atomic mass is 10.2. The Bertz CT molecular complexity index is 659. The molecule has 0 aliphatic carbocycles. The average molecular weight is 227 g/mol. The van der Waals surface area contributed by atoms with Gasteiger partial charge in [0.05, 0.1) is 23.5 Å². The van der Waals surface area contributed by atoms with Gasteiger partial charge in [0.1, 0.15) is 5.82 Å². The first-order chi connectivity index (χ1) is 8.22. The molecule has 1 atom stereocenters. The number of rotatable bonds is 2. The number of fused-ring (bicyclic) bond motifs is 1. The summed E-state index contributed by atoms with van der Waals surface area (Å²) in [5.74, 6) is 0.720. The second-order valence-electron chi connectivity index (χ2n) is 4.22. The maximum absolute atomic E-state index is 12.3. The van der Waals surface area contributed by atoms with Crippen molar-refractivity contribution in [3.63, 3.8) is 0 Å². The summed E-state index contributed by atoms with van der Waals surface area (Å²) in [5.41, 5.74) is 0.751. The van der Waals surface area contributed by atoms with Gasteiger partial charge in [-0.2, -0.15) is 0 Å². The lowest BCUT2D eigenvalue weighted by Crippen LogP contribution is -2.32. The van der Waals surface area contributed by atoms with Crippen molar-refractivity contribution in [2.75, 3.05) is 11.6 Å². The Balaban J connectivity index is 2.25. The van der Waals surface area contributed by atoms with E-state index in [1.807, 2.05) is 42.3 Å². The zero-order valence-electron chi connectivity index (χ0n) is 9.63. The minimum atomic E-state index is -0.00236. The highest BCUT2D eigenvalue weighted by Gasteiger charge is 2.33. The number of aromatic nitrogens is 2. The Morgan fingerprint density at radius 2 is 2.24 bits per heavy atom. The van der Waals surface area contributed by atoms with Crippen LogP contribution in [0.1, 0.15) is 5.82 Å². The van der Waals surface area contributed by atoms with Crippen molar-refractivity contribution in [2.45, 2.75) is 13.0 Å². The maximum atomic E-state index is 12.3. The van der Waals surface area contributed by atoms with Crippen LogP contribution >= 0.6 is 0 Å². The van der Waals surface area contributed by atoms with E-state index in [9.17, 15) is 4.79 Å². The number of para-hydroxylation sites is 1. The fourth-order valence-electron chi connectivity index (χ4n) is 2.11. The molecule has 0 saturated carbocycles. The standard InChI is InChI=1S/C13H13N3O/c1-3-10-8-15(10)16-9(2)14-12-7-5-4-6-11(12)13(16)17/h3-7,10H,1,8H2,2H3. The highest BCUT2D eigenvalue weighted by Crippen LogP contribution is 2.17. The molecule has 0 radical (unpaired) electrons. The van der Waals surface area contributed by atoms with Crippen LogP contribution < -0.4 is 10.6 Å². The number of aryl methyl sites for hydroxylation is 1. The molecular formula is C13H13N3O. The third kappa shape index (κ3) is 1.45. The van der Waals surface area contributed by atoms with Gasteiger partial charge in [0.2, 0.25) is 0 Å². The lowest BCUT2D eigenvalue weighted by Gasteiger charge is -2.12. The van der Waals surface area contributed by atoms with Crippen LogP contribution in [0.3, 0.4) is 0 Å². The van der Waals surface area contributed by atoms with E-state index in [-0.39, 0.29) is 11.6 Å². The largest absolute Gasteiger partial charge is 0.297 e. The predicted molar refractivity (Wildman–Crippen MR) is 67.8 cm³/mol. The quantitative estimate of drug-likeness (QED) is 0.571. The minimum absolute atomic E-state index is 0.00236. The third-order valence-corrected chi connectivity index (χ3v) is 3.07. The van der Waals surface area contributed by atoms with Gasteiger partial charge < -0.3 is 0 Å². The highest BCUT2D eigenvalue weighted by atomic mass is 16.1. The molecule has 1 unspecified atom stereocenters. The normalized spacial score (nSPS) is 18.4. The van der Waals surface area contributed by atoms with Crippen LogP contribution in [0.25, 0.3) is 10.9 Å². The molecule has 1 aliphatic rings. The van der Waals surface area contributed by atoms with Crippen LogP contribution in [0.2, 0.25) is 0 Å². The van der Waals surface area contributed by atoms with Gasteiger partial charge in [-0.1, -0.05) is 18.2 Å². The van der Waals surface area contributed by atoms with E-state index in [0.717, 1.165) is 17.9 Å². The summed E-state index contributed by atoms with van der Waals surface area (Å²) in [5, 5.41) is 2.62. The molecule has 1 fully saturated rings. The van der Waals surface area contributed by atoms with Crippen LogP contribution in [-0.4, -0.2) is 22.2 Å². The summed E-state index contributed by atoms with van der Waals surface area (Å²) in [6, 6.07) is 7.68. The fraction of sp³-hybridized carbons (Fsp3) is 0.231. The van der Waals surface area contributed by atoms with Gasteiger partial charge in [0.25, 0.3) is 5.56 Å². The van der Waals surface area contributed by atoms with E-state index in [0.29, 0.717) is 5.39 Å². The van der Waals surface area contributed by atoms with E-state index >= 15 is 0 Å². The summed E-state index contributed by atoms with van der Waals surface area (Å²) in [7, 11) is 0. The summed E-state index contributed by atoms with van der Waals surface area (Å²) in [4.78, 5) is 16.8. The summed E-state index contributed by atoms with van der Waals surface area (Å²) < 4.78 is 1.65. The molecule has 1 aromatic carbocycles. The molecule has 1 aromatic heterocycles. The first-order valence-electron chi connectivity index (χ1n) is 5.60. The Labute approximate surface area is 98.8 Å². The summed E-state index contributed by atoms with van der Waals surface area (Å²) in [6.45, 7) is 6.43. The first-order valence-corrected chi connectivity index (χ1v) is 5.60. The Morgan fingerprint density at radius 1 is 1.47 bits per heavy atom. The van der Waals surface area contributed by atoms with Crippen molar-refractivity contribution in [1.29, 1.82) is 0 Å². The number of nitrogens with zero attached hydrogens (tertiary/aromatic N) is 3. The zero-order chi connectivity index (χ0) is 12.0. The van der Waals surface area contributed by atoms with Crippen LogP contribution in [0.5, 0.6) is 0 Å². The van der Waals surface area contributed by atoms with Crippen molar-refractivity contribution in [2.24, 2.45) is 0 Å². The Morgan fingerprint density at radius 3 is 2.94 bits per heavy atom. The lowest BCUT2D eigenvalue weighted by molar-refractivity contribution is 0.728. The van der Waals surface area contributed by atoms with E-state index in [2.05, 4.69) is 11.6 Å². The van der Waals surface area contributed by atoms with Gasteiger partial charge in [0, 0.05) is 0 Å². The van der Waals surface area contributed by atoms with Crippen LogP contribution in [-0.2, 0) is 0 Å². The molecule has 1 aliphatic heterocycles. The molecule has 1 saturated heterocycles. The smallest absolute Gasteiger partial charge is 0.280 e. The average Bonchev–Trinajstić information content (AvgIpc) is 3.08. The van der Waals surface area contributed by atoms with Crippen molar-refractivity contribution < 1.29 is 0 Å². The summed E-state index contributed by atoms with van der Waals surface area (Å²) >= 11 is 0. The maximum Gasteiger partial charge on any atom is 0.280 e. The fourth-order valence-corrected chi connectivity index (χ4v) is 2.11. The van der Waals surface area contributed by atoms with Gasteiger partial charge in [0.15, 0.2) is 0 Å². The van der Waals surface area contributed by atoms with Crippen LogP contribution in [0, 0.1) is 6.92 Å². The molecule has 4 nitrogen and oxygen atoms in total. The molecule has 0 spiro atoms. The Kier molecular flexibility index (Phi) is 2.04. The van der Waals surface area contributed by atoms with Gasteiger partial charge in [-0.25, -0.2) is 9.66 Å². The van der Waals surface area contributed by atoms with E-state index in [1.165, 1.54) is 0 Å². The van der Waals surface area contributed by atoms with Crippen molar-refractivity contribution >= 4 is 10.9 Å². The highest BCUT2D eigenvalue weighted by molar-refractivity contribution is 5.77. The number of hydrogen-bond donors (Lipinski definition) is 0. The number of benzene rings is 1. The first kappa shape index (κ1) is 10.1. The molecule has 86 valence electrons. The molecule has 2 aromatic rings. The molecule has 0 bridgehead atoms. The molecule has 3 rings (SSSR count). The SMILES string of the molecule is C=CC1CN1n1c(C)nc2ccccc2c1=O. The molecule has 17 heavy (non-hydrogen) atoms. The topological polar surface area (TPSA) is 37.9 Å². The van der Waals surface area contributed by atoms with Gasteiger partial charge >= 0.3 is 0 Å². The predicted octanol–water partition coefficient (Wildman–Crippen LogP) is 1.21. The monoisotopic (exact) mass is 227 g/mol. The molecule has 0 amide bonds. The van der Waals surface area contributed by atoms with E-state index in [1.54, 1.807) is 4.68 Å². The third-order valence-electron chi connectivity index (χ3n) is 3.07. The second kappa shape index (κ2) is 3.45. The molecular weight excluding hydrogens is 214 g/mol. The van der Waals surface area contributed by atoms with E-state index < -0.39 is 0 Å². The van der Waals surface area contributed by atoms with Crippen LogP contribution in [0.15, 0.2) is 41.7 Å². The minimum Gasteiger partial charge on any atom is -0.297 e. The zero-order valence-corrected chi connectivity index (χ0v) is 9.63. The van der Waals surface area contributed by atoms with Gasteiger partial charge in [-0.05, 0) is 19.1 Å². The Hall–Kier alpha value is -2.10. The number of hydrogen-bond acceptors (Lipinski definition) is 3. The molecule has 0 N–H and O–H groups in total. The van der Waals surface area contributed by atoms with Gasteiger partial charge in [-0.15, -0.1) is 6.58 Å². The second-order valence-corrected chi connectivity index (χ2v) is 4.22. The summed E-state index contributed by atoms with van der Waals surface area (Å²) in [6.07, 6.45) is 1.85. The molecule has 2 heterocycles. The van der Waals surface area contributed by atoms with Gasteiger partial charge in [-0.3, -0.25) is 9.80 Å². The van der Waals surface area contributed by atoms with Crippen molar-refractivity contribution in [1.82, 2.24) is 9.66 Å².